The monoisotopic (exact) mass is 353 g/mol. The van der Waals surface area contributed by atoms with Crippen molar-refractivity contribution in [3.63, 3.8) is 0 Å². The maximum Gasteiger partial charge on any atom is 0.525 e. The normalized spacial score (nSPS) is 26.4. The number of phosphoric acid groups is 1. The molecule has 11 heteroatoms. The molecule has 0 aromatic heterocycles. The van der Waals surface area contributed by atoms with Crippen LogP contribution in [0.4, 0.5) is 0 Å². The van der Waals surface area contributed by atoms with Crippen molar-refractivity contribution in [2.75, 3.05) is 78.9 Å². The predicted octanol–water partition coefficient (Wildman–Crippen LogP) is -0.114. The predicted molar refractivity (Wildman–Crippen MR) is 78.0 cm³/mol. The van der Waals surface area contributed by atoms with E-state index in [1.807, 2.05) is 0 Å². The summed E-state index contributed by atoms with van der Waals surface area (Å²) >= 11 is 0. The summed E-state index contributed by atoms with van der Waals surface area (Å²) in [6.07, 6.45) is 0. The number of hydrogen-bond acceptors (Lipinski definition) is 10. The molecule has 3 saturated heterocycles. The molecule has 10 nitrogen and oxygen atoms in total. The topological polar surface area (TPSA) is 82.2 Å². The Bertz CT molecular complexity index is 341. The summed E-state index contributed by atoms with van der Waals surface area (Å²) in [4.78, 5) is 0. The van der Waals surface area contributed by atoms with Gasteiger partial charge in [-0.05, 0) is 0 Å². The summed E-state index contributed by atoms with van der Waals surface area (Å²) in [5.41, 5.74) is 0. The third kappa shape index (κ3) is 5.71. The first-order chi connectivity index (χ1) is 11.2. The van der Waals surface area contributed by atoms with Gasteiger partial charge < -0.3 is 14.2 Å². The highest BCUT2D eigenvalue weighted by Gasteiger charge is 2.38. The second-order valence-electron chi connectivity index (χ2n) is 5.32. The molecule has 0 N–H and O–H groups in total. The summed E-state index contributed by atoms with van der Waals surface area (Å²) in [5.74, 6) is 0. The Kier molecular flexibility index (Phi) is 6.78. The van der Waals surface area contributed by atoms with Gasteiger partial charge in [0.2, 0.25) is 0 Å². The minimum absolute atomic E-state index is 0.517. The molecule has 3 rings (SSSR count). The number of nitrogens with zero attached hydrogens (tertiary/aromatic N) is 3. The van der Waals surface area contributed by atoms with Crippen LogP contribution in [0.1, 0.15) is 0 Å². The lowest BCUT2D eigenvalue weighted by molar-refractivity contribution is -0.217. The zero-order valence-electron chi connectivity index (χ0n) is 13.1. The van der Waals surface area contributed by atoms with Gasteiger partial charge in [-0.15, -0.1) is 0 Å². The Balaban J connectivity index is 1.61. The Morgan fingerprint density at radius 3 is 1.09 bits per heavy atom. The fraction of sp³-hybridized carbons (Fsp3) is 1.00. The van der Waals surface area contributed by atoms with Crippen LogP contribution >= 0.6 is 7.82 Å². The summed E-state index contributed by atoms with van der Waals surface area (Å²) in [7, 11) is -3.81. The van der Waals surface area contributed by atoms with E-state index < -0.39 is 7.82 Å². The van der Waals surface area contributed by atoms with Crippen LogP contribution in [0.2, 0.25) is 0 Å². The second-order valence-corrected chi connectivity index (χ2v) is 6.70. The molecule has 0 spiro atoms. The second kappa shape index (κ2) is 8.82. The highest BCUT2D eigenvalue weighted by atomic mass is 31.2. The molecule has 3 fully saturated rings. The van der Waals surface area contributed by atoms with Gasteiger partial charge in [-0.1, -0.05) is 0 Å². The van der Waals surface area contributed by atoms with Crippen molar-refractivity contribution in [2.45, 2.75) is 0 Å². The SMILES string of the molecule is O=P(ON1CCOCC1)(ON1CCOCC1)ON1CCOCC1. The van der Waals surface area contributed by atoms with Gasteiger partial charge in [0.15, 0.2) is 0 Å². The standard InChI is InChI=1S/C12H24N3O7P/c16-23(20-13-1-7-17-8-2-13,21-14-3-9-18-10-4-14)22-15-5-11-19-12-6-15/h1-12H2. The average molecular weight is 353 g/mol. The molecule has 0 bridgehead atoms. The van der Waals surface area contributed by atoms with Crippen LogP contribution in [0.25, 0.3) is 0 Å². The van der Waals surface area contributed by atoms with Crippen LogP contribution in [0.5, 0.6) is 0 Å². The molecule has 3 aliphatic heterocycles. The molecule has 0 atom stereocenters. The Morgan fingerprint density at radius 2 is 0.826 bits per heavy atom. The molecule has 23 heavy (non-hydrogen) atoms. The Labute approximate surface area is 135 Å². The van der Waals surface area contributed by atoms with Crippen molar-refractivity contribution >= 4 is 7.82 Å². The maximum absolute atomic E-state index is 13.1. The third-order valence-electron chi connectivity index (χ3n) is 3.56. The molecule has 0 aliphatic carbocycles. The van der Waals surface area contributed by atoms with Gasteiger partial charge >= 0.3 is 7.82 Å². The van der Waals surface area contributed by atoms with E-state index in [4.69, 9.17) is 28.1 Å². The van der Waals surface area contributed by atoms with Crippen molar-refractivity contribution in [2.24, 2.45) is 0 Å². The quantitative estimate of drug-likeness (QED) is 0.603. The average Bonchev–Trinajstić information content (AvgIpc) is 2.57. The largest absolute Gasteiger partial charge is 0.525 e. The lowest BCUT2D eigenvalue weighted by atomic mass is 10.5. The number of hydrogen-bond donors (Lipinski definition) is 0. The van der Waals surface area contributed by atoms with Crippen LogP contribution in [0.15, 0.2) is 0 Å². The summed E-state index contributed by atoms with van der Waals surface area (Å²) in [6, 6.07) is 0. The van der Waals surface area contributed by atoms with Gasteiger partial charge in [-0.25, -0.2) is 4.57 Å². The van der Waals surface area contributed by atoms with E-state index in [0.717, 1.165) is 0 Å². The van der Waals surface area contributed by atoms with E-state index in [0.29, 0.717) is 78.9 Å². The third-order valence-corrected chi connectivity index (χ3v) is 4.85. The molecule has 3 aliphatic rings. The Hall–Kier alpha value is -0.130. The lowest BCUT2D eigenvalue weighted by Gasteiger charge is -2.35. The minimum atomic E-state index is -3.81. The van der Waals surface area contributed by atoms with Crippen molar-refractivity contribution in [1.29, 1.82) is 0 Å². The first kappa shape index (κ1) is 17.7. The fourth-order valence-electron chi connectivity index (χ4n) is 2.35. The first-order valence-corrected chi connectivity index (χ1v) is 9.37. The molecule has 0 saturated carbocycles. The van der Waals surface area contributed by atoms with Crippen LogP contribution in [0, 0.1) is 0 Å². The lowest BCUT2D eigenvalue weighted by Crippen LogP contribution is -2.41. The van der Waals surface area contributed by atoms with Crippen molar-refractivity contribution < 1.29 is 32.6 Å². The summed E-state index contributed by atoms with van der Waals surface area (Å²) in [5, 5.41) is 4.72. The van der Waals surface area contributed by atoms with E-state index in [9.17, 15) is 4.57 Å². The van der Waals surface area contributed by atoms with Crippen LogP contribution < -0.4 is 0 Å². The number of hydroxylamine groups is 6. The molecule has 0 aromatic carbocycles. The summed E-state index contributed by atoms with van der Waals surface area (Å²) < 4.78 is 45.7. The molecular weight excluding hydrogens is 329 g/mol. The van der Waals surface area contributed by atoms with E-state index in [2.05, 4.69) is 0 Å². The van der Waals surface area contributed by atoms with E-state index in [1.165, 1.54) is 0 Å². The summed E-state index contributed by atoms with van der Waals surface area (Å²) in [6.45, 7) is 6.24. The van der Waals surface area contributed by atoms with Crippen LogP contribution in [-0.4, -0.2) is 94.1 Å². The van der Waals surface area contributed by atoms with Gasteiger partial charge in [-0.2, -0.15) is 29.1 Å². The van der Waals surface area contributed by atoms with Gasteiger partial charge in [0.25, 0.3) is 0 Å². The maximum atomic E-state index is 13.1. The van der Waals surface area contributed by atoms with Crippen LogP contribution in [0.3, 0.4) is 0 Å². The van der Waals surface area contributed by atoms with E-state index in [-0.39, 0.29) is 0 Å². The molecule has 3 heterocycles. The van der Waals surface area contributed by atoms with E-state index >= 15 is 0 Å². The molecule has 0 radical (unpaired) electrons. The van der Waals surface area contributed by atoms with Crippen LogP contribution in [-0.2, 0) is 32.6 Å². The first-order valence-electron chi connectivity index (χ1n) is 7.91. The van der Waals surface area contributed by atoms with Gasteiger partial charge in [0.05, 0.1) is 39.6 Å². The highest BCUT2D eigenvalue weighted by Crippen LogP contribution is 2.52. The van der Waals surface area contributed by atoms with Gasteiger partial charge in [0, 0.05) is 39.3 Å². The zero-order valence-corrected chi connectivity index (χ0v) is 14.0. The number of rotatable bonds is 6. The van der Waals surface area contributed by atoms with Crippen molar-refractivity contribution in [3.8, 4) is 0 Å². The number of morpholine rings is 3. The molecule has 0 amide bonds. The fourth-order valence-corrected chi connectivity index (χ4v) is 3.78. The minimum Gasteiger partial charge on any atom is -0.379 e. The highest BCUT2D eigenvalue weighted by molar-refractivity contribution is 7.48. The van der Waals surface area contributed by atoms with Gasteiger partial charge in [0.1, 0.15) is 0 Å². The van der Waals surface area contributed by atoms with Crippen molar-refractivity contribution in [1.82, 2.24) is 15.2 Å². The van der Waals surface area contributed by atoms with Gasteiger partial charge in [-0.3, -0.25) is 0 Å². The number of ether oxygens (including phenoxy) is 3. The molecular formula is C12H24N3O7P. The molecule has 0 unspecified atom stereocenters. The zero-order chi connectivity index (χ0) is 16.0. The molecule has 134 valence electrons. The molecule has 0 aromatic rings. The van der Waals surface area contributed by atoms with E-state index in [1.54, 1.807) is 15.2 Å². The smallest absolute Gasteiger partial charge is 0.379 e. The Morgan fingerprint density at radius 1 is 0.565 bits per heavy atom. The van der Waals surface area contributed by atoms with Crippen molar-refractivity contribution in [3.05, 3.63) is 0 Å².